The summed E-state index contributed by atoms with van der Waals surface area (Å²) in [4.78, 5) is 15.2. The molecule has 2 aromatic heterocycles. The Kier molecular flexibility index (Phi) is 3.87. The van der Waals surface area contributed by atoms with E-state index < -0.39 is 0 Å². The van der Waals surface area contributed by atoms with Crippen LogP contribution in [0.1, 0.15) is 40.3 Å². The van der Waals surface area contributed by atoms with Gasteiger partial charge in [-0.25, -0.2) is 0 Å². The Hall–Kier alpha value is -2.89. The molecule has 0 saturated carbocycles. The van der Waals surface area contributed by atoms with E-state index >= 15 is 0 Å². The Morgan fingerprint density at radius 3 is 2.92 bits per heavy atom. The summed E-state index contributed by atoms with van der Waals surface area (Å²) in [6.07, 6.45) is 5.21. The van der Waals surface area contributed by atoms with Gasteiger partial charge in [0, 0.05) is 31.0 Å². The van der Waals surface area contributed by atoms with Gasteiger partial charge in [-0.2, -0.15) is 5.10 Å². The molecule has 6 heteroatoms. The molecule has 4 rings (SSSR count). The number of amides is 1. The number of fused-ring (bicyclic) bond motifs is 1. The molecule has 0 bridgehead atoms. The van der Waals surface area contributed by atoms with Crippen LogP contribution in [-0.2, 0) is 12.8 Å². The molecule has 25 heavy (non-hydrogen) atoms. The lowest BCUT2D eigenvalue weighted by molar-refractivity contribution is 0.0977. The summed E-state index contributed by atoms with van der Waals surface area (Å²) >= 11 is 0. The van der Waals surface area contributed by atoms with Crippen LogP contribution in [0.25, 0.3) is 0 Å². The molecule has 1 aliphatic heterocycles. The summed E-state index contributed by atoms with van der Waals surface area (Å²) in [5.41, 5.74) is 3.33. The van der Waals surface area contributed by atoms with Crippen molar-refractivity contribution in [3.05, 3.63) is 65.3 Å². The molecule has 3 aromatic rings. The third kappa shape index (κ3) is 2.63. The highest BCUT2D eigenvalue weighted by atomic mass is 16.5. The first-order valence-corrected chi connectivity index (χ1v) is 8.53. The number of carbonyl (C=O) groups is 1. The van der Waals surface area contributed by atoms with Crippen molar-refractivity contribution in [1.82, 2.24) is 14.9 Å². The van der Waals surface area contributed by atoms with E-state index in [-0.39, 0.29) is 11.9 Å². The average Bonchev–Trinajstić information content (AvgIpc) is 3.29. The second-order valence-electron chi connectivity index (χ2n) is 6.31. The largest absolute Gasteiger partial charge is 0.360 e. The van der Waals surface area contributed by atoms with Crippen LogP contribution in [-0.4, -0.2) is 27.4 Å². The summed E-state index contributed by atoms with van der Waals surface area (Å²) < 4.78 is 7.26. The van der Waals surface area contributed by atoms with Crippen LogP contribution < -0.4 is 4.90 Å². The van der Waals surface area contributed by atoms with Crippen LogP contribution >= 0.6 is 0 Å². The van der Waals surface area contributed by atoms with Crippen molar-refractivity contribution in [3.63, 3.8) is 0 Å². The SMILES string of the molecule is CCc1onc(C)c1C(=O)N1C[C@H](n2cccn2)Cc2ccccc21. The van der Waals surface area contributed by atoms with Gasteiger partial charge in [-0.15, -0.1) is 0 Å². The zero-order chi connectivity index (χ0) is 17.4. The first-order valence-electron chi connectivity index (χ1n) is 8.53. The molecular weight excluding hydrogens is 316 g/mol. The topological polar surface area (TPSA) is 64.2 Å². The van der Waals surface area contributed by atoms with Gasteiger partial charge in [0.1, 0.15) is 11.3 Å². The molecular formula is C19H20N4O2. The van der Waals surface area contributed by atoms with E-state index in [4.69, 9.17) is 4.52 Å². The number of hydrogen-bond acceptors (Lipinski definition) is 4. The monoisotopic (exact) mass is 336 g/mol. The molecule has 0 spiro atoms. The number of nitrogens with zero attached hydrogens (tertiary/aromatic N) is 4. The quantitative estimate of drug-likeness (QED) is 0.737. The number of para-hydroxylation sites is 1. The highest BCUT2D eigenvalue weighted by molar-refractivity contribution is 6.08. The predicted octanol–water partition coefficient (Wildman–Crippen LogP) is 3.19. The van der Waals surface area contributed by atoms with Crippen LogP contribution in [0.3, 0.4) is 0 Å². The van der Waals surface area contributed by atoms with Crippen molar-refractivity contribution in [3.8, 4) is 0 Å². The molecule has 0 aliphatic carbocycles. The van der Waals surface area contributed by atoms with E-state index in [1.165, 1.54) is 0 Å². The van der Waals surface area contributed by atoms with Gasteiger partial charge in [0.25, 0.3) is 5.91 Å². The van der Waals surface area contributed by atoms with Crippen LogP contribution in [0.4, 0.5) is 5.69 Å². The molecule has 1 aromatic carbocycles. The summed E-state index contributed by atoms with van der Waals surface area (Å²) in [5.74, 6) is 0.584. The Morgan fingerprint density at radius 1 is 1.32 bits per heavy atom. The van der Waals surface area contributed by atoms with Crippen molar-refractivity contribution in [2.45, 2.75) is 32.7 Å². The highest BCUT2D eigenvalue weighted by Gasteiger charge is 2.33. The van der Waals surface area contributed by atoms with Crippen molar-refractivity contribution in [2.75, 3.05) is 11.4 Å². The smallest absolute Gasteiger partial charge is 0.263 e. The third-order valence-corrected chi connectivity index (χ3v) is 4.74. The minimum atomic E-state index is -0.0556. The lowest BCUT2D eigenvalue weighted by Crippen LogP contribution is -2.41. The summed E-state index contributed by atoms with van der Waals surface area (Å²) in [5, 5.41) is 8.36. The fourth-order valence-corrected chi connectivity index (χ4v) is 3.51. The number of aromatic nitrogens is 3. The van der Waals surface area contributed by atoms with E-state index in [1.807, 2.05) is 53.9 Å². The Labute approximate surface area is 146 Å². The van der Waals surface area contributed by atoms with Gasteiger partial charge < -0.3 is 9.42 Å². The standard InChI is InChI=1S/C19H20N4O2/c1-3-17-18(13(2)21-25-17)19(24)22-12-15(23-10-6-9-20-23)11-14-7-4-5-8-16(14)22/h4-10,15H,3,11-12H2,1-2H3/t15-/m1/s1. The Morgan fingerprint density at radius 2 is 2.16 bits per heavy atom. The van der Waals surface area contributed by atoms with E-state index in [1.54, 1.807) is 6.20 Å². The molecule has 6 nitrogen and oxygen atoms in total. The molecule has 0 N–H and O–H groups in total. The minimum absolute atomic E-state index is 0.0556. The average molecular weight is 336 g/mol. The molecule has 0 saturated heterocycles. The third-order valence-electron chi connectivity index (χ3n) is 4.74. The van der Waals surface area contributed by atoms with Gasteiger partial charge in [-0.3, -0.25) is 9.48 Å². The van der Waals surface area contributed by atoms with Crippen molar-refractivity contribution < 1.29 is 9.32 Å². The maximum absolute atomic E-state index is 13.3. The van der Waals surface area contributed by atoms with Gasteiger partial charge in [0.2, 0.25) is 0 Å². The minimum Gasteiger partial charge on any atom is -0.360 e. The molecule has 1 aliphatic rings. The summed E-state index contributed by atoms with van der Waals surface area (Å²) in [7, 11) is 0. The lowest BCUT2D eigenvalue weighted by atomic mass is 9.96. The first kappa shape index (κ1) is 15.6. The molecule has 3 heterocycles. The number of benzene rings is 1. The van der Waals surface area contributed by atoms with Crippen LogP contribution in [0, 0.1) is 6.92 Å². The van der Waals surface area contributed by atoms with Crippen LogP contribution in [0.2, 0.25) is 0 Å². The summed E-state index contributed by atoms with van der Waals surface area (Å²) in [6, 6.07) is 10.1. The molecule has 0 fully saturated rings. The van der Waals surface area contributed by atoms with Gasteiger partial charge in [0.05, 0.1) is 11.7 Å². The first-order chi connectivity index (χ1) is 12.2. The fourth-order valence-electron chi connectivity index (χ4n) is 3.51. The van der Waals surface area contributed by atoms with Crippen molar-refractivity contribution in [1.29, 1.82) is 0 Å². The number of anilines is 1. The molecule has 1 atom stereocenters. The summed E-state index contributed by atoms with van der Waals surface area (Å²) in [6.45, 7) is 4.36. The fraction of sp³-hybridized carbons (Fsp3) is 0.316. The van der Waals surface area contributed by atoms with Crippen molar-refractivity contribution >= 4 is 11.6 Å². The number of aryl methyl sites for hydroxylation is 2. The van der Waals surface area contributed by atoms with E-state index in [2.05, 4.69) is 16.3 Å². The number of carbonyl (C=O) groups excluding carboxylic acids is 1. The number of rotatable bonds is 3. The zero-order valence-corrected chi connectivity index (χ0v) is 14.3. The molecule has 128 valence electrons. The van der Waals surface area contributed by atoms with E-state index in [0.29, 0.717) is 30.0 Å². The van der Waals surface area contributed by atoms with E-state index in [0.717, 1.165) is 17.7 Å². The highest BCUT2D eigenvalue weighted by Crippen LogP contribution is 2.33. The van der Waals surface area contributed by atoms with Gasteiger partial charge in [0.15, 0.2) is 0 Å². The second kappa shape index (κ2) is 6.20. The van der Waals surface area contributed by atoms with Crippen LogP contribution in [0.5, 0.6) is 0 Å². The normalized spacial score (nSPS) is 16.7. The second-order valence-corrected chi connectivity index (χ2v) is 6.31. The zero-order valence-electron chi connectivity index (χ0n) is 14.3. The lowest BCUT2D eigenvalue weighted by Gasteiger charge is -2.34. The Balaban J connectivity index is 1.77. The molecule has 0 radical (unpaired) electrons. The van der Waals surface area contributed by atoms with Crippen LogP contribution in [0.15, 0.2) is 47.2 Å². The maximum Gasteiger partial charge on any atom is 0.263 e. The number of hydrogen-bond donors (Lipinski definition) is 0. The molecule has 1 amide bonds. The van der Waals surface area contributed by atoms with Gasteiger partial charge in [-0.05, 0) is 31.0 Å². The maximum atomic E-state index is 13.3. The Bertz CT molecular complexity index is 898. The van der Waals surface area contributed by atoms with Crippen molar-refractivity contribution in [2.24, 2.45) is 0 Å². The van der Waals surface area contributed by atoms with E-state index in [9.17, 15) is 4.79 Å². The van der Waals surface area contributed by atoms with Gasteiger partial charge in [-0.1, -0.05) is 30.3 Å². The van der Waals surface area contributed by atoms with Gasteiger partial charge >= 0.3 is 0 Å². The molecule has 0 unspecified atom stereocenters. The predicted molar refractivity (Wildman–Crippen MR) is 93.7 cm³/mol.